The molecule has 2 fully saturated rings. The van der Waals surface area contributed by atoms with Gasteiger partial charge in [0.05, 0.1) is 30.0 Å². The zero-order chi connectivity index (χ0) is 25.9. The molecule has 2 aromatic rings. The molecule has 0 amide bonds. The second-order valence-electron chi connectivity index (χ2n) is 9.97. The molecule has 1 aliphatic carbocycles. The molecule has 1 saturated heterocycles. The molecule has 1 aromatic heterocycles. The number of benzene rings is 1. The lowest BCUT2D eigenvalue weighted by molar-refractivity contribution is 0.0994. The minimum Gasteiger partial charge on any atom is -0.363 e. The van der Waals surface area contributed by atoms with Gasteiger partial charge in [-0.25, -0.2) is 19.1 Å². The van der Waals surface area contributed by atoms with Crippen LogP contribution >= 0.6 is 0 Å². The van der Waals surface area contributed by atoms with Gasteiger partial charge in [0.2, 0.25) is 0 Å². The Balaban J connectivity index is 1.40. The zero-order valence-electron chi connectivity index (χ0n) is 21.8. The molecule has 2 aliphatic heterocycles. The second-order valence-corrected chi connectivity index (χ2v) is 9.97. The summed E-state index contributed by atoms with van der Waals surface area (Å²) < 4.78 is 17.0. The number of allylic oxidation sites excluding steroid dienone is 1. The van der Waals surface area contributed by atoms with Crippen LogP contribution in [0, 0.1) is 11.7 Å². The van der Waals surface area contributed by atoms with E-state index in [-0.39, 0.29) is 24.2 Å². The highest BCUT2D eigenvalue weighted by Gasteiger charge is 2.37. The van der Waals surface area contributed by atoms with E-state index in [2.05, 4.69) is 31.8 Å². The van der Waals surface area contributed by atoms with Gasteiger partial charge in [0, 0.05) is 19.5 Å². The van der Waals surface area contributed by atoms with Crippen LogP contribution in [0.3, 0.4) is 0 Å². The van der Waals surface area contributed by atoms with Crippen molar-refractivity contribution in [2.75, 3.05) is 31.7 Å². The number of hydrogen-bond acceptors (Lipinski definition) is 7. The number of Topliss-reactive ketones (excluding diaryl/α,β-unsaturated/α-hetero) is 1. The van der Waals surface area contributed by atoms with Crippen molar-refractivity contribution >= 4 is 29.7 Å². The number of nitrogens with zero attached hydrogens (tertiary/aromatic N) is 5. The predicted octanol–water partition coefficient (Wildman–Crippen LogP) is 4.46. The fourth-order valence-electron chi connectivity index (χ4n) is 5.39. The van der Waals surface area contributed by atoms with Crippen LogP contribution in [0.5, 0.6) is 0 Å². The van der Waals surface area contributed by atoms with Gasteiger partial charge in [0.1, 0.15) is 11.6 Å². The van der Waals surface area contributed by atoms with Crippen LogP contribution in [0.1, 0.15) is 61.4 Å². The van der Waals surface area contributed by atoms with Crippen LogP contribution in [0.4, 0.5) is 15.9 Å². The van der Waals surface area contributed by atoms with E-state index >= 15 is 4.39 Å². The first-order valence-corrected chi connectivity index (χ1v) is 13.2. The summed E-state index contributed by atoms with van der Waals surface area (Å²) in [4.78, 5) is 17.6. The number of ketones is 1. The Kier molecular flexibility index (Phi) is 7.53. The highest BCUT2D eigenvalue weighted by atomic mass is 19.1. The predicted molar refractivity (Wildman–Crippen MR) is 145 cm³/mol. The highest BCUT2D eigenvalue weighted by molar-refractivity contribution is 6.02. The quantitative estimate of drug-likeness (QED) is 0.387. The molecular weight excluding hydrogens is 469 g/mol. The molecule has 1 unspecified atom stereocenters. The van der Waals surface area contributed by atoms with Gasteiger partial charge in [-0.1, -0.05) is 12.1 Å². The van der Waals surface area contributed by atoms with Crippen LogP contribution in [-0.4, -0.2) is 59.5 Å². The lowest BCUT2D eigenvalue weighted by Crippen LogP contribution is -2.47. The molecule has 3 aliphatic rings. The molecule has 0 spiro atoms. The van der Waals surface area contributed by atoms with Crippen molar-refractivity contribution in [2.45, 2.75) is 51.5 Å². The molecule has 8 nitrogen and oxygen atoms in total. The first-order valence-electron chi connectivity index (χ1n) is 13.2. The molecule has 0 bridgehead atoms. The summed E-state index contributed by atoms with van der Waals surface area (Å²) in [6.07, 6.45) is 13.3. The number of piperidine rings is 1. The number of rotatable bonds is 9. The van der Waals surface area contributed by atoms with Crippen LogP contribution in [-0.2, 0) is 0 Å². The van der Waals surface area contributed by atoms with Crippen molar-refractivity contribution in [3.63, 3.8) is 0 Å². The first kappa shape index (κ1) is 25.4. The van der Waals surface area contributed by atoms with Crippen LogP contribution in [0.2, 0.25) is 0 Å². The zero-order valence-corrected chi connectivity index (χ0v) is 21.8. The Hall–Kier alpha value is -3.30. The molecule has 5 rings (SSSR count). The summed E-state index contributed by atoms with van der Waals surface area (Å²) in [5.74, 6) is 1.77. The largest absolute Gasteiger partial charge is 0.363 e. The smallest absolute Gasteiger partial charge is 0.187 e. The molecule has 3 heterocycles. The number of hydrazine groups is 1. The molecular formula is C28H36FN7O. The maximum absolute atomic E-state index is 15.4. The van der Waals surface area contributed by atoms with Crippen molar-refractivity contribution in [1.29, 1.82) is 0 Å². The van der Waals surface area contributed by atoms with Crippen molar-refractivity contribution in [3.05, 3.63) is 59.3 Å². The number of carbonyl (C=O) groups excluding carboxylic acids is 1. The minimum absolute atomic E-state index is 0.0463. The third-order valence-electron chi connectivity index (χ3n) is 7.46. The van der Waals surface area contributed by atoms with Crippen molar-refractivity contribution < 1.29 is 9.18 Å². The Morgan fingerprint density at radius 3 is 2.70 bits per heavy atom. The van der Waals surface area contributed by atoms with E-state index in [1.807, 2.05) is 37.2 Å². The molecule has 1 saturated carbocycles. The number of carbonyl (C=O) groups is 1. The van der Waals surface area contributed by atoms with Gasteiger partial charge in [-0.3, -0.25) is 9.80 Å². The third kappa shape index (κ3) is 5.24. The molecule has 1 aromatic carbocycles. The number of anilines is 1. The number of nitrogens with one attached hydrogen (secondary N) is 2. The Morgan fingerprint density at radius 1 is 1.24 bits per heavy atom. The average Bonchev–Trinajstić information content (AvgIpc) is 3.61. The van der Waals surface area contributed by atoms with Crippen LogP contribution in [0.15, 0.2) is 47.4 Å². The SMILES string of the molecule is C/C=C\n1ncc(C(=O)CNC2=CC(C3CCNCC3)N(C)N2c2ccc(C3CC3)cc2F)c1/N=C\C. The van der Waals surface area contributed by atoms with Crippen molar-refractivity contribution in [3.8, 4) is 0 Å². The van der Waals surface area contributed by atoms with Gasteiger partial charge in [0.25, 0.3) is 0 Å². The van der Waals surface area contributed by atoms with Gasteiger partial charge >= 0.3 is 0 Å². The standard InChI is InChI=1S/C28H36FN7O/c1-4-14-35-28(31-5-2)22(17-33-35)26(37)18-32-27-16-25(20-10-12-30-13-11-20)34(3)36(27)24-9-8-21(15-23(24)29)19-6-7-19/h4-5,8-9,14-17,19-20,25,30,32H,6-7,10-13,18H2,1-3H3/b14-4-,31-5-. The van der Waals surface area contributed by atoms with E-state index in [0.717, 1.165) is 50.2 Å². The summed E-state index contributed by atoms with van der Waals surface area (Å²) in [5, 5.41) is 15.0. The molecule has 37 heavy (non-hydrogen) atoms. The number of aromatic nitrogens is 2. The average molecular weight is 506 g/mol. The highest BCUT2D eigenvalue weighted by Crippen LogP contribution is 2.42. The van der Waals surface area contributed by atoms with E-state index in [1.54, 1.807) is 36.3 Å². The molecule has 9 heteroatoms. The second kappa shape index (κ2) is 11.0. The molecule has 2 N–H and O–H groups in total. The Labute approximate surface area is 217 Å². The maximum atomic E-state index is 15.4. The number of halogens is 1. The van der Waals surface area contributed by atoms with E-state index in [9.17, 15) is 4.79 Å². The van der Waals surface area contributed by atoms with Gasteiger partial charge in [0.15, 0.2) is 11.6 Å². The maximum Gasteiger partial charge on any atom is 0.187 e. The summed E-state index contributed by atoms with van der Waals surface area (Å²) in [6, 6.07) is 5.69. The first-order chi connectivity index (χ1) is 18.0. The lowest BCUT2D eigenvalue weighted by Gasteiger charge is -2.37. The third-order valence-corrected chi connectivity index (χ3v) is 7.46. The van der Waals surface area contributed by atoms with E-state index in [4.69, 9.17) is 0 Å². The minimum atomic E-state index is -0.242. The number of aliphatic imine (C=N–C) groups is 1. The van der Waals surface area contributed by atoms with Gasteiger partial charge in [-0.2, -0.15) is 5.10 Å². The van der Waals surface area contributed by atoms with Gasteiger partial charge < -0.3 is 10.6 Å². The molecule has 1 atom stereocenters. The van der Waals surface area contributed by atoms with Gasteiger partial charge in [-0.05, 0) is 88.2 Å². The summed E-state index contributed by atoms with van der Waals surface area (Å²) in [5.41, 5.74) is 2.00. The van der Waals surface area contributed by atoms with E-state index in [1.165, 1.54) is 0 Å². The van der Waals surface area contributed by atoms with Gasteiger partial charge in [-0.15, -0.1) is 0 Å². The molecule has 196 valence electrons. The Bertz CT molecular complexity index is 1220. The fraction of sp³-hybridized carbons (Fsp3) is 0.464. The Morgan fingerprint density at radius 2 is 2.03 bits per heavy atom. The fourth-order valence-corrected chi connectivity index (χ4v) is 5.39. The lowest BCUT2D eigenvalue weighted by atomic mass is 9.90. The monoisotopic (exact) mass is 505 g/mol. The number of hydrogen-bond donors (Lipinski definition) is 2. The van der Waals surface area contributed by atoms with Crippen LogP contribution in [0.25, 0.3) is 6.20 Å². The van der Waals surface area contributed by atoms with E-state index in [0.29, 0.717) is 28.9 Å². The van der Waals surface area contributed by atoms with E-state index < -0.39 is 0 Å². The topological polar surface area (TPSA) is 77.8 Å². The van der Waals surface area contributed by atoms with Crippen molar-refractivity contribution in [2.24, 2.45) is 10.9 Å². The number of likely N-dealkylation sites (N-methyl/N-ethyl adjacent to an activating group) is 1. The summed E-state index contributed by atoms with van der Waals surface area (Å²) >= 11 is 0. The molecule has 0 radical (unpaired) electrons. The summed E-state index contributed by atoms with van der Waals surface area (Å²) in [6.45, 7) is 5.69. The van der Waals surface area contributed by atoms with Crippen molar-refractivity contribution in [1.82, 2.24) is 25.4 Å². The summed E-state index contributed by atoms with van der Waals surface area (Å²) in [7, 11) is 2.00. The van der Waals surface area contributed by atoms with Crippen LogP contribution < -0.4 is 15.6 Å². The normalized spacial score (nSPS) is 21.4.